The van der Waals surface area contributed by atoms with Crippen LogP contribution in [0, 0.1) is 5.82 Å². The van der Waals surface area contributed by atoms with E-state index in [1.165, 1.54) is 12.1 Å². The third kappa shape index (κ3) is 2.40. The molecule has 2 aromatic heterocycles. The van der Waals surface area contributed by atoms with Crippen molar-refractivity contribution in [2.24, 2.45) is 0 Å². The monoisotopic (exact) mass is 324 g/mol. The van der Waals surface area contributed by atoms with Crippen LogP contribution in [0.1, 0.15) is 5.82 Å². The van der Waals surface area contributed by atoms with Gasteiger partial charge in [0.25, 0.3) is 5.56 Å². The van der Waals surface area contributed by atoms with Gasteiger partial charge in [-0.2, -0.15) is 0 Å². The summed E-state index contributed by atoms with van der Waals surface area (Å²) in [6.07, 6.45) is 0.359. The largest absolute Gasteiger partial charge is 0.342 e. The second kappa shape index (κ2) is 5.45. The molecule has 24 heavy (non-hydrogen) atoms. The highest BCUT2D eigenvalue weighted by Crippen LogP contribution is 2.13. The van der Waals surface area contributed by atoms with E-state index < -0.39 is 5.69 Å². The molecule has 0 saturated carbocycles. The number of nitrogens with one attached hydrogen (secondary N) is 2. The zero-order chi connectivity index (χ0) is 16.7. The Morgan fingerprint density at radius 2 is 1.88 bits per heavy atom. The summed E-state index contributed by atoms with van der Waals surface area (Å²) in [4.78, 5) is 34.6. The van der Waals surface area contributed by atoms with E-state index in [1.807, 2.05) is 0 Å². The van der Waals surface area contributed by atoms with Gasteiger partial charge in [-0.15, -0.1) is 0 Å². The molecule has 0 amide bonds. The molecule has 0 fully saturated rings. The summed E-state index contributed by atoms with van der Waals surface area (Å²) >= 11 is 0. The first kappa shape index (κ1) is 14.4. The Morgan fingerprint density at radius 1 is 1.04 bits per heavy atom. The smallest absolute Gasteiger partial charge is 0.328 e. The van der Waals surface area contributed by atoms with Crippen LogP contribution in [0.25, 0.3) is 21.9 Å². The van der Waals surface area contributed by atoms with Gasteiger partial charge in [0.1, 0.15) is 11.6 Å². The molecule has 0 aliphatic rings. The minimum absolute atomic E-state index is 0.182. The summed E-state index contributed by atoms with van der Waals surface area (Å²) < 4.78 is 14.4. The minimum atomic E-state index is -0.458. The van der Waals surface area contributed by atoms with Crippen molar-refractivity contribution in [3.63, 3.8) is 0 Å². The molecule has 0 spiro atoms. The molecule has 0 aliphatic carbocycles. The van der Waals surface area contributed by atoms with Crippen LogP contribution in [0.4, 0.5) is 4.39 Å². The quantitative estimate of drug-likeness (QED) is 0.604. The van der Waals surface area contributed by atoms with Crippen LogP contribution in [0.3, 0.4) is 0 Å². The van der Waals surface area contributed by atoms with Gasteiger partial charge < -0.3 is 9.97 Å². The van der Waals surface area contributed by atoms with Crippen LogP contribution in [-0.4, -0.2) is 19.5 Å². The van der Waals surface area contributed by atoms with Crippen LogP contribution in [0.5, 0.6) is 0 Å². The number of fused-ring (bicyclic) bond motifs is 2. The normalized spacial score (nSPS) is 11.4. The van der Waals surface area contributed by atoms with Crippen molar-refractivity contribution in [2.75, 3.05) is 0 Å². The number of benzene rings is 2. The number of hydrogen-bond acceptors (Lipinski definition) is 3. The second-order valence-corrected chi connectivity index (χ2v) is 5.53. The summed E-state index contributed by atoms with van der Waals surface area (Å²) in [6, 6.07) is 11.2. The van der Waals surface area contributed by atoms with Crippen molar-refractivity contribution in [1.29, 1.82) is 0 Å². The van der Waals surface area contributed by atoms with Crippen molar-refractivity contribution in [2.45, 2.75) is 13.0 Å². The van der Waals surface area contributed by atoms with Crippen LogP contribution >= 0.6 is 0 Å². The summed E-state index contributed by atoms with van der Waals surface area (Å²) in [5.74, 6) is 0.245. The number of aromatic amines is 2. The Bertz CT molecular complexity index is 1170. The molecule has 6 nitrogen and oxygen atoms in total. The maximum Gasteiger partial charge on any atom is 0.328 e. The van der Waals surface area contributed by atoms with Crippen LogP contribution < -0.4 is 11.2 Å². The summed E-state index contributed by atoms with van der Waals surface area (Å²) in [7, 11) is 0. The van der Waals surface area contributed by atoms with E-state index >= 15 is 0 Å². The molecule has 4 rings (SSSR count). The third-order valence-electron chi connectivity index (χ3n) is 3.95. The molecule has 0 aliphatic heterocycles. The highest BCUT2D eigenvalue weighted by atomic mass is 19.1. The number of para-hydroxylation sites is 1. The lowest BCUT2D eigenvalue weighted by Gasteiger charge is -2.05. The van der Waals surface area contributed by atoms with E-state index in [-0.39, 0.29) is 17.9 Å². The van der Waals surface area contributed by atoms with Crippen molar-refractivity contribution in [3.8, 4) is 0 Å². The number of imidazole rings is 1. The minimum Gasteiger partial charge on any atom is -0.342 e. The number of aryl methyl sites for hydroxylation is 1. The SMILES string of the molecule is O=c1[nH]c2ccccc2c(=O)n1CCc1nc2ccc(F)cc2[nH]1. The van der Waals surface area contributed by atoms with Crippen LogP contribution in [0.2, 0.25) is 0 Å². The van der Waals surface area contributed by atoms with Crippen LogP contribution in [0.15, 0.2) is 52.1 Å². The number of halogens is 1. The van der Waals surface area contributed by atoms with Crippen molar-refractivity contribution in [3.05, 3.63) is 74.9 Å². The molecule has 120 valence electrons. The molecular formula is C17H13FN4O2. The fourth-order valence-corrected chi connectivity index (χ4v) is 2.77. The highest BCUT2D eigenvalue weighted by molar-refractivity contribution is 5.77. The molecule has 0 unspecified atom stereocenters. The predicted molar refractivity (Wildman–Crippen MR) is 88.6 cm³/mol. The third-order valence-corrected chi connectivity index (χ3v) is 3.95. The van der Waals surface area contributed by atoms with Gasteiger partial charge in [-0.1, -0.05) is 12.1 Å². The molecule has 4 aromatic rings. The van der Waals surface area contributed by atoms with E-state index in [2.05, 4.69) is 15.0 Å². The standard InChI is InChI=1S/C17H13FN4O2/c18-10-5-6-13-14(9-10)20-15(19-13)7-8-22-16(23)11-3-1-2-4-12(11)21-17(22)24/h1-6,9H,7-8H2,(H,19,20)(H,21,24). The first-order chi connectivity index (χ1) is 11.6. The maximum atomic E-state index is 13.2. The van der Waals surface area contributed by atoms with Gasteiger partial charge in [-0.3, -0.25) is 9.36 Å². The molecular weight excluding hydrogens is 311 g/mol. The number of aromatic nitrogens is 4. The Hall–Kier alpha value is -3.22. The van der Waals surface area contributed by atoms with Gasteiger partial charge in [0, 0.05) is 13.0 Å². The van der Waals surface area contributed by atoms with Crippen molar-refractivity contribution < 1.29 is 4.39 Å². The van der Waals surface area contributed by atoms with Gasteiger partial charge in [-0.25, -0.2) is 14.2 Å². The molecule has 0 radical (unpaired) electrons. The molecule has 2 N–H and O–H groups in total. The topological polar surface area (TPSA) is 83.5 Å². The molecule has 0 bridgehead atoms. The van der Waals surface area contributed by atoms with E-state index in [9.17, 15) is 14.0 Å². The van der Waals surface area contributed by atoms with E-state index in [0.29, 0.717) is 34.2 Å². The zero-order valence-electron chi connectivity index (χ0n) is 12.5. The Kier molecular flexibility index (Phi) is 3.26. The number of hydrogen-bond donors (Lipinski definition) is 2. The average Bonchev–Trinajstić information content (AvgIpc) is 2.96. The lowest BCUT2D eigenvalue weighted by Crippen LogP contribution is -2.35. The van der Waals surface area contributed by atoms with Crippen molar-refractivity contribution in [1.82, 2.24) is 19.5 Å². The van der Waals surface area contributed by atoms with E-state index in [1.54, 1.807) is 30.3 Å². The Morgan fingerprint density at radius 3 is 2.75 bits per heavy atom. The molecule has 7 heteroatoms. The van der Waals surface area contributed by atoms with E-state index in [0.717, 1.165) is 4.57 Å². The van der Waals surface area contributed by atoms with Gasteiger partial charge in [-0.05, 0) is 30.3 Å². The Labute approximate surface area is 134 Å². The fraction of sp³-hybridized carbons (Fsp3) is 0.118. The van der Waals surface area contributed by atoms with Crippen LogP contribution in [-0.2, 0) is 13.0 Å². The number of rotatable bonds is 3. The molecule has 0 saturated heterocycles. The Balaban J connectivity index is 1.69. The van der Waals surface area contributed by atoms with Gasteiger partial charge in [0.05, 0.1) is 21.9 Å². The first-order valence-electron chi connectivity index (χ1n) is 7.48. The zero-order valence-corrected chi connectivity index (χ0v) is 12.5. The molecule has 2 aromatic carbocycles. The highest BCUT2D eigenvalue weighted by Gasteiger charge is 2.09. The van der Waals surface area contributed by atoms with Crippen molar-refractivity contribution >= 4 is 21.9 Å². The van der Waals surface area contributed by atoms with Gasteiger partial charge >= 0.3 is 5.69 Å². The fourth-order valence-electron chi connectivity index (χ4n) is 2.77. The number of nitrogens with zero attached hydrogens (tertiary/aromatic N) is 2. The summed E-state index contributed by atoms with van der Waals surface area (Å²) in [5.41, 5.74) is 0.955. The first-order valence-corrected chi connectivity index (χ1v) is 7.48. The number of H-pyrrole nitrogens is 2. The van der Waals surface area contributed by atoms with E-state index in [4.69, 9.17) is 0 Å². The lowest BCUT2D eigenvalue weighted by atomic mass is 10.2. The molecule has 0 atom stereocenters. The summed E-state index contributed by atoms with van der Waals surface area (Å²) in [5, 5.41) is 0.462. The van der Waals surface area contributed by atoms with Gasteiger partial charge in [0.2, 0.25) is 0 Å². The second-order valence-electron chi connectivity index (χ2n) is 5.53. The lowest BCUT2D eigenvalue weighted by molar-refractivity contribution is 0.623. The molecule has 2 heterocycles. The average molecular weight is 324 g/mol. The predicted octanol–water partition coefficient (Wildman–Crippen LogP) is 1.95. The maximum absolute atomic E-state index is 13.2. The van der Waals surface area contributed by atoms with Gasteiger partial charge in [0.15, 0.2) is 0 Å². The summed E-state index contributed by atoms with van der Waals surface area (Å²) in [6.45, 7) is 0.182.